The van der Waals surface area contributed by atoms with Crippen LogP contribution in [-0.4, -0.2) is 48.0 Å². The average Bonchev–Trinajstić information content (AvgIpc) is 2.85. The summed E-state index contributed by atoms with van der Waals surface area (Å²) in [6.07, 6.45) is 0.0708. The number of ether oxygens (including phenoxy) is 1. The smallest absolute Gasteiger partial charge is 0.263 e. The van der Waals surface area contributed by atoms with Crippen molar-refractivity contribution in [1.82, 2.24) is 9.80 Å². The summed E-state index contributed by atoms with van der Waals surface area (Å²) in [5, 5.41) is 0.525. The summed E-state index contributed by atoms with van der Waals surface area (Å²) >= 11 is 6.23. The molecule has 0 aliphatic carbocycles. The molecule has 1 amide bonds. The summed E-state index contributed by atoms with van der Waals surface area (Å²) in [6.45, 7) is 4.94. The predicted octanol–water partition coefficient (Wildman–Crippen LogP) is 5.43. The number of carbonyl (C=O) groups is 1. The van der Waals surface area contributed by atoms with E-state index in [1.54, 1.807) is 12.1 Å². The third kappa shape index (κ3) is 5.14. The van der Waals surface area contributed by atoms with E-state index in [2.05, 4.69) is 53.4 Å². The third-order valence-electron chi connectivity index (χ3n) is 5.97. The lowest BCUT2D eigenvalue weighted by Crippen LogP contribution is -2.53. The van der Waals surface area contributed by atoms with Crippen molar-refractivity contribution < 1.29 is 9.53 Å². The molecule has 4 nitrogen and oxygen atoms in total. The second-order valence-corrected chi connectivity index (χ2v) is 8.44. The van der Waals surface area contributed by atoms with Gasteiger partial charge in [0, 0.05) is 26.2 Å². The fraction of sp³-hybridized carbons (Fsp3) is 0.296. The quantitative estimate of drug-likeness (QED) is 0.483. The normalized spacial score (nSPS) is 15.5. The molecule has 1 heterocycles. The second-order valence-electron chi connectivity index (χ2n) is 8.03. The van der Waals surface area contributed by atoms with Crippen LogP contribution in [0.15, 0.2) is 84.9 Å². The van der Waals surface area contributed by atoms with Crippen LogP contribution < -0.4 is 4.74 Å². The van der Waals surface area contributed by atoms with Gasteiger partial charge in [0.1, 0.15) is 5.75 Å². The maximum atomic E-state index is 13.2. The summed E-state index contributed by atoms with van der Waals surface area (Å²) in [5.41, 5.74) is 2.54. The van der Waals surface area contributed by atoms with Crippen molar-refractivity contribution >= 4 is 17.5 Å². The van der Waals surface area contributed by atoms with E-state index in [0.717, 1.165) is 13.1 Å². The highest BCUT2D eigenvalue weighted by Gasteiger charge is 2.31. The Kier molecular flexibility index (Phi) is 7.46. The first-order valence-electron chi connectivity index (χ1n) is 11.2. The molecule has 1 aliphatic rings. The number of carbonyl (C=O) groups excluding carboxylic acids is 1. The van der Waals surface area contributed by atoms with Gasteiger partial charge in [-0.15, -0.1) is 0 Å². The van der Waals surface area contributed by atoms with Gasteiger partial charge in [-0.25, -0.2) is 0 Å². The van der Waals surface area contributed by atoms with Crippen LogP contribution in [0, 0.1) is 0 Å². The Bertz CT molecular complexity index is 965. The number of halogens is 1. The van der Waals surface area contributed by atoms with Crippen LogP contribution in [0.1, 0.15) is 30.5 Å². The zero-order chi connectivity index (χ0) is 22.3. The largest absolute Gasteiger partial charge is 0.479 e. The number of piperazine rings is 1. The van der Waals surface area contributed by atoms with Crippen molar-refractivity contribution in [1.29, 1.82) is 0 Å². The topological polar surface area (TPSA) is 32.8 Å². The molecule has 32 heavy (non-hydrogen) atoms. The van der Waals surface area contributed by atoms with Crippen molar-refractivity contribution in [2.45, 2.75) is 25.5 Å². The molecule has 0 saturated carbocycles. The summed E-state index contributed by atoms with van der Waals surface area (Å²) in [4.78, 5) is 17.6. The molecule has 1 aliphatic heterocycles. The second kappa shape index (κ2) is 10.7. The molecular weight excluding hydrogens is 420 g/mol. The average molecular weight is 449 g/mol. The van der Waals surface area contributed by atoms with Gasteiger partial charge >= 0.3 is 0 Å². The Morgan fingerprint density at radius 3 is 1.91 bits per heavy atom. The van der Waals surface area contributed by atoms with Crippen LogP contribution in [0.3, 0.4) is 0 Å². The van der Waals surface area contributed by atoms with Crippen LogP contribution in [0.4, 0.5) is 0 Å². The standard InChI is InChI=1S/C27H29ClN2O2/c1-2-24(32-25-16-10-9-15-23(25)28)27(31)30-19-17-29(18-20-30)26(21-11-5-3-6-12-21)22-13-7-4-8-14-22/h3-16,24,26H,2,17-20H2,1H3. The maximum absolute atomic E-state index is 13.2. The fourth-order valence-electron chi connectivity index (χ4n) is 4.29. The Hall–Kier alpha value is -2.82. The van der Waals surface area contributed by atoms with Crippen molar-refractivity contribution in [3.63, 3.8) is 0 Å². The van der Waals surface area contributed by atoms with E-state index in [0.29, 0.717) is 30.3 Å². The van der Waals surface area contributed by atoms with E-state index in [1.165, 1.54) is 11.1 Å². The molecule has 3 aromatic carbocycles. The molecule has 0 bridgehead atoms. The van der Waals surface area contributed by atoms with Gasteiger partial charge in [0.15, 0.2) is 6.10 Å². The van der Waals surface area contributed by atoms with Gasteiger partial charge in [-0.2, -0.15) is 0 Å². The van der Waals surface area contributed by atoms with Crippen molar-refractivity contribution in [3.05, 3.63) is 101 Å². The minimum absolute atomic E-state index is 0.0306. The zero-order valence-corrected chi connectivity index (χ0v) is 19.1. The molecule has 0 N–H and O–H groups in total. The highest BCUT2D eigenvalue weighted by atomic mass is 35.5. The van der Waals surface area contributed by atoms with Crippen LogP contribution >= 0.6 is 11.6 Å². The van der Waals surface area contributed by atoms with Crippen LogP contribution in [0.2, 0.25) is 5.02 Å². The lowest BCUT2D eigenvalue weighted by molar-refractivity contribution is -0.140. The number of nitrogens with zero attached hydrogens (tertiary/aromatic N) is 2. The van der Waals surface area contributed by atoms with Crippen LogP contribution in [-0.2, 0) is 4.79 Å². The Labute approximate surface area is 195 Å². The molecule has 1 fully saturated rings. The Morgan fingerprint density at radius 1 is 0.844 bits per heavy atom. The summed E-state index contributed by atoms with van der Waals surface area (Å²) in [5.74, 6) is 0.587. The molecule has 0 radical (unpaired) electrons. The van der Waals surface area contributed by atoms with E-state index >= 15 is 0 Å². The Morgan fingerprint density at radius 2 is 1.38 bits per heavy atom. The number of rotatable bonds is 7. The lowest BCUT2D eigenvalue weighted by Gasteiger charge is -2.40. The first-order valence-corrected chi connectivity index (χ1v) is 11.6. The number of hydrogen-bond donors (Lipinski definition) is 0. The van der Waals surface area contributed by atoms with Gasteiger partial charge in [0.05, 0.1) is 11.1 Å². The highest BCUT2D eigenvalue weighted by molar-refractivity contribution is 6.32. The summed E-state index contributed by atoms with van der Waals surface area (Å²) < 4.78 is 5.99. The highest BCUT2D eigenvalue weighted by Crippen LogP contribution is 2.30. The predicted molar refractivity (Wildman–Crippen MR) is 129 cm³/mol. The number of amides is 1. The number of para-hydroxylation sites is 1. The van der Waals surface area contributed by atoms with Crippen molar-refractivity contribution in [2.24, 2.45) is 0 Å². The molecule has 1 saturated heterocycles. The van der Waals surface area contributed by atoms with E-state index in [4.69, 9.17) is 16.3 Å². The molecule has 0 aromatic heterocycles. The van der Waals surface area contributed by atoms with E-state index in [9.17, 15) is 4.79 Å². The number of hydrogen-bond acceptors (Lipinski definition) is 3. The number of benzene rings is 3. The fourth-order valence-corrected chi connectivity index (χ4v) is 4.47. The third-order valence-corrected chi connectivity index (χ3v) is 6.29. The summed E-state index contributed by atoms with van der Waals surface area (Å²) in [7, 11) is 0. The van der Waals surface area contributed by atoms with Gasteiger partial charge < -0.3 is 9.64 Å². The molecule has 1 unspecified atom stereocenters. The van der Waals surface area contributed by atoms with Crippen molar-refractivity contribution in [3.8, 4) is 5.75 Å². The molecule has 166 valence electrons. The zero-order valence-electron chi connectivity index (χ0n) is 18.4. The van der Waals surface area contributed by atoms with Crippen LogP contribution in [0.5, 0.6) is 5.75 Å². The van der Waals surface area contributed by atoms with Gasteiger partial charge in [-0.3, -0.25) is 9.69 Å². The van der Waals surface area contributed by atoms with Crippen LogP contribution in [0.25, 0.3) is 0 Å². The molecule has 3 aromatic rings. The minimum atomic E-state index is -0.527. The van der Waals surface area contributed by atoms with E-state index in [1.807, 2.05) is 36.1 Å². The molecule has 4 rings (SSSR count). The van der Waals surface area contributed by atoms with Gasteiger partial charge in [-0.1, -0.05) is 91.3 Å². The Balaban J connectivity index is 1.45. The minimum Gasteiger partial charge on any atom is -0.479 e. The van der Waals surface area contributed by atoms with Crippen molar-refractivity contribution in [2.75, 3.05) is 26.2 Å². The van der Waals surface area contributed by atoms with Gasteiger partial charge in [0.25, 0.3) is 5.91 Å². The molecule has 0 spiro atoms. The first-order chi connectivity index (χ1) is 15.7. The first kappa shape index (κ1) is 22.4. The maximum Gasteiger partial charge on any atom is 0.263 e. The molecule has 5 heteroatoms. The van der Waals surface area contributed by atoms with Gasteiger partial charge in [-0.05, 0) is 29.7 Å². The lowest BCUT2D eigenvalue weighted by atomic mass is 9.96. The van der Waals surface area contributed by atoms with E-state index < -0.39 is 6.10 Å². The summed E-state index contributed by atoms with van der Waals surface area (Å²) in [6, 6.07) is 28.6. The van der Waals surface area contributed by atoms with Gasteiger partial charge in [0.2, 0.25) is 0 Å². The SMILES string of the molecule is CCC(Oc1ccccc1Cl)C(=O)N1CCN(C(c2ccccc2)c2ccccc2)CC1. The van der Waals surface area contributed by atoms with E-state index in [-0.39, 0.29) is 11.9 Å². The molecular formula is C27H29ClN2O2. The molecule has 1 atom stereocenters. The monoisotopic (exact) mass is 448 g/mol.